The van der Waals surface area contributed by atoms with E-state index in [0.29, 0.717) is 6.54 Å². The molecule has 0 radical (unpaired) electrons. The van der Waals surface area contributed by atoms with Crippen molar-refractivity contribution in [2.45, 2.75) is 85.0 Å². The predicted molar refractivity (Wildman–Crippen MR) is 158 cm³/mol. The highest BCUT2D eigenvalue weighted by Gasteiger charge is 2.32. The zero-order chi connectivity index (χ0) is 29.4. The van der Waals surface area contributed by atoms with E-state index >= 15 is 0 Å². The van der Waals surface area contributed by atoms with Crippen LogP contribution in [0.4, 0.5) is 0 Å². The number of hydrogen-bond donors (Lipinski definition) is 3. The molecule has 1 aliphatic heterocycles. The zero-order valence-corrected chi connectivity index (χ0v) is 24.9. The molecule has 0 spiro atoms. The van der Waals surface area contributed by atoms with Crippen LogP contribution in [0.25, 0.3) is 16.8 Å². The summed E-state index contributed by atoms with van der Waals surface area (Å²) in [7, 11) is 1.55. The largest absolute Gasteiger partial charge is 0.377 e. The molecule has 0 aliphatic carbocycles. The van der Waals surface area contributed by atoms with Gasteiger partial charge in [-0.1, -0.05) is 52.0 Å². The number of amides is 3. The summed E-state index contributed by atoms with van der Waals surface area (Å²) in [4.78, 5) is 43.7. The normalized spacial score (nSPS) is 18.9. The molecular weight excluding hydrogens is 506 g/mol. The first-order valence-electron chi connectivity index (χ1n) is 14.3. The molecule has 1 aliphatic rings. The minimum absolute atomic E-state index is 0.182. The highest BCUT2D eigenvalue weighted by Crippen LogP contribution is 2.19. The number of aromatic nitrogens is 1. The van der Waals surface area contributed by atoms with Gasteiger partial charge in [-0.05, 0) is 62.1 Å². The first-order valence-corrected chi connectivity index (χ1v) is 14.3. The van der Waals surface area contributed by atoms with Crippen LogP contribution in [-0.2, 0) is 25.5 Å². The number of methoxy groups -OCH3 is 1. The van der Waals surface area contributed by atoms with Gasteiger partial charge in [-0.25, -0.2) is 5.43 Å². The lowest BCUT2D eigenvalue weighted by atomic mass is 9.98. The Balaban J connectivity index is 1.63. The fraction of sp³-hybridized carbons (Fsp3) is 0.548. The van der Waals surface area contributed by atoms with Gasteiger partial charge in [0.15, 0.2) is 0 Å². The van der Waals surface area contributed by atoms with E-state index in [1.165, 1.54) is 5.56 Å². The molecule has 0 bridgehead atoms. The van der Waals surface area contributed by atoms with E-state index in [0.717, 1.165) is 35.7 Å². The lowest BCUT2D eigenvalue weighted by Gasteiger charge is -2.34. The highest BCUT2D eigenvalue weighted by molar-refractivity contribution is 5.92. The second-order valence-corrected chi connectivity index (χ2v) is 11.1. The number of nitrogens with one attached hydrogen (secondary N) is 3. The smallest absolute Gasteiger partial charge is 0.258 e. The molecule has 1 saturated heterocycles. The Hall–Kier alpha value is -3.30. The maximum absolute atomic E-state index is 13.2. The Morgan fingerprint density at radius 3 is 2.52 bits per heavy atom. The third-order valence-electron chi connectivity index (χ3n) is 7.49. The maximum atomic E-state index is 13.2. The van der Waals surface area contributed by atoms with Gasteiger partial charge in [-0.15, -0.1) is 0 Å². The summed E-state index contributed by atoms with van der Waals surface area (Å²) in [6.07, 6.45) is 7.86. The number of aryl methyl sites for hydroxylation is 1. The standard InChI is InChI=1S/C31H45N5O4/c1-8-23-11-12-24-18-32-26(17-25(24)16-23)13-14-27(40-7)21(5)29(37)34-28(19(2)3)30(38)33-22(6)31(39)36-15-9-10-20(4)35-36/h11-14,16-22,27-28,35H,8-10,15H2,1-7H3,(H,33,38)(H,34,37). The lowest BCUT2D eigenvalue weighted by Crippen LogP contribution is -2.59. The quantitative estimate of drug-likeness (QED) is 0.393. The molecular formula is C31H45N5O4. The Morgan fingerprint density at radius 2 is 1.88 bits per heavy atom. The number of rotatable bonds is 11. The molecule has 9 nitrogen and oxygen atoms in total. The number of benzene rings is 1. The number of carbonyl (C=O) groups is 3. The van der Waals surface area contributed by atoms with E-state index in [4.69, 9.17) is 4.74 Å². The van der Waals surface area contributed by atoms with Crippen molar-refractivity contribution in [3.8, 4) is 0 Å². The van der Waals surface area contributed by atoms with Crippen LogP contribution in [0.1, 0.15) is 65.6 Å². The number of hydrazine groups is 1. The molecule has 2 heterocycles. The molecule has 218 valence electrons. The van der Waals surface area contributed by atoms with E-state index in [9.17, 15) is 14.4 Å². The van der Waals surface area contributed by atoms with Gasteiger partial charge in [0, 0.05) is 31.3 Å². The SMILES string of the molecule is CCc1ccc2cnc(C=CC(OC)C(C)C(=O)NC(C(=O)NC(C)C(=O)N3CCCC(C)N3)C(C)C)cc2c1. The third kappa shape index (κ3) is 8.11. The van der Waals surface area contributed by atoms with E-state index < -0.39 is 30.0 Å². The summed E-state index contributed by atoms with van der Waals surface area (Å²) < 4.78 is 5.62. The number of nitrogens with zero attached hydrogens (tertiary/aromatic N) is 2. The van der Waals surface area contributed by atoms with Crippen molar-refractivity contribution >= 4 is 34.6 Å². The number of fused-ring (bicyclic) bond motifs is 1. The summed E-state index contributed by atoms with van der Waals surface area (Å²) in [5.41, 5.74) is 5.19. The fourth-order valence-electron chi connectivity index (χ4n) is 4.85. The lowest BCUT2D eigenvalue weighted by molar-refractivity contribution is -0.141. The molecule has 40 heavy (non-hydrogen) atoms. The number of ether oxygens (including phenoxy) is 1. The summed E-state index contributed by atoms with van der Waals surface area (Å²) in [6, 6.07) is 7.04. The van der Waals surface area contributed by atoms with Gasteiger partial charge in [0.05, 0.1) is 17.7 Å². The average Bonchev–Trinajstić information content (AvgIpc) is 2.94. The Bertz CT molecular complexity index is 1210. The second kappa shape index (κ2) is 14.4. The van der Waals surface area contributed by atoms with Crippen LogP contribution in [0.5, 0.6) is 0 Å². The van der Waals surface area contributed by atoms with Crippen LogP contribution in [0.15, 0.2) is 36.5 Å². The predicted octanol–water partition coefficient (Wildman–Crippen LogP) is 3.62. The fourth-order valence-corrected chi connectivity index (χ4v) is 4.85. The topological polar surface area (TPSA) is 113 Å². The first-order chi connectivity index (χ1) is 19.0. The maximum Gasteiger partial charge on any atom is 0.258 e. The number of carbonyl (C=O) groups excluding carboxylic acids is 3. The van der Waals surface area contributed by atoms with Gasteiger partial charge < -0.3 is 15.4 Å². The molecule has 3 N–H and O–H groups in total. The summed E-state index contributed by atoms with van der Waals surface area (Å²) in [5, 5.41) is 9.42. The Kier molecular flexibility index (Phi) is 11.2. The van der Waals surface area contributed by atoms with Crippen molar-refractivity contribution in [2.75, 3.05) is 13.7 Å². The molecule has 2 aromatic rings. The summed E-state index contributed by atoms with van der Waals surface area (Å²) in [6.45, 7) is 11.9. The Morgan fingerprint density at radius 1 is 1.12 bits per heavy atom. The van der Waals surface area contributed by atoms with Gasteiger partial charge in [0.2, 0.25) is 11.8 Å². The molecule has 5 atom stereocenters. The minimum Gasteiger partial charge on any atom is -0.377 e. The highest BCUT2D eigenvalue weighted by atomic mass is 16.5. The van der Waals surface area contributed by atoms with E-state index in [2.05, 4.69) is 46.2 Å². The van der Waals surface area contributed by atoms with E-state index in [1.807, 2.05) is 45.2 Å². The van der Waals surface area contributed by atoms with Gasteiger partial charge in [-0.3, -0.25) is 24.4 Å². The van der Waals surface area contributed by atoms with Gasteiger partial charge in [-0.2, -0.15) is 0 Å². The van der Waals surface area contributed by atoms with Crippen molar-refractivity contribution in [3.63, 3.8) is 0 Å². The average molecular weight is 552 g/mol. The monoisotopic (exact) mass is 551 g/mol. The second-order valence-electron chi connectivity index (χ2n) is 11.1. The van der Waals surface area contributed by atoms with Crippen LogP contribution in [0.2, 0.25) is 0 Å². The van der Waals surface area contributed by atoms with Gasteiger partial charge >= 0.3 is 0 Å². The molecule has 5 unspecified atom stereocenters. The van der Waals surface area contributed by atoms with Gasteiger partial charge in [0.1, 0.15) is 12.1 Å². The number of hydrogen-bond acceptors (Lipinski definition) is 6. The van der Waals surface area contributed by atoms with Gasteiger partial charge in [0.25, 0.3) is 5.91 Å². The molecule has 3 rings (SSSR count). The molecule has 1 aromatic heterocycles. The van der Waals surface area contributed by atoms with Crippen LogP contribution in [-0.4, -0.2) is 65.6 Å². The summed E-state index contributed by atoms with van der Waals surface area (Å²) in [5.74, 6) is -1.65. The molecule has 1 fully saturated rings. The van der Waals surface area contributed by atoms with E-state index in [1.54, 1.807) is 26.0 Å². The molecule has 0 saturated carbocycles. The zero-order valence-electron chi connectivity index (χ0n) is 24.9. The van der Waals surface area contributed by atoms with Crippen molar-refractivity contribution in [1.29, 1.82) is 0 Å². The Labute approximate surface area is 238 Å². The van der Waals surface area contributed by atoms with Crippen LogP contribution in [0, 0.1) is 11.8 Å². The molecule has 3 amide bonds. The number of pyridine rings is 1. The van der Waals surface area contributed by atoms with Crippen molar-refractivity contribution in [2.24, 2.45) is 11.8 Å². The van der Waals surface area contributed by atoms with Crippen LogP contribution >= 0.6 is 0 Å². The van der Waals surface area contributed by atoms with Crippen LogP contribution < -0.4 is 16.1 Å². The van der Waals surface area contributed by atoms with Crippen molar-refractivity contribution in [1.82, 2.24) is 26.1 Å². The van der Waals surface area contributed by atoms with Crippen LogP contribution in [0.3, 0.4) is 0 Å². The minimum atomic E-state index is -0.796. The third-order valence-corrected chi connectivity index (χ3v) is 7.49. The summed E-state index contributed by atoms with van der Waals surface area (Å²) >= 11 is 0. The van der Waals surface area contributed by atoms with Crippen molar-refractivity contribution < 1.29 is 19.1 Å². The van der Waals surface area contributed by atoms with E-state index in [-0.39, 0.29) is 23.8 Å². The first kappa shape index (κ1) is 31.2. The molecule has 1 aromatic carbocycles. The molecule has 9 heteroatoms. The van der Waals surface area contributed by atoms with Crippen molar-refractivity contribution in [3.05, 3.63) is 47.8 Å².